The van der Waals surface area contributed by atoms with Crippen LogP contribution >= 0.6 is 0 Å². The normalized spacial score (nSPS) is 39.7. The fourth-order valence-corrected chi connectivity index (χ4v) is 8.38. The summed E-state index contributed by atoms with van der Waals surface area (Å²) in [7, 11) is 2.06. The molecule has 2 heterocycles. The minimum absolute atomic E-state index is 0.0642. The summed E-state index contributed by atoms with van der Waals surface area (Å²) in [5, 5.41) is 14.4. The maximum absolute atomic E-state index is 13.9. The maximum Gasteiger partial charge on any atom is 0.224 e. The Bertz CT molecular complexity index is 944. The van der Waals surface area contributed by atoms with Crippen molar-refractivity contribution in [3.63, 3.8) is 0 Å². The Morgan fingerprint density at radius 1 is 1.15 bits per heavy atom. The fourth-order valence-electron chi connectivity index (χ4n) is 8.38. The second-order valence-electron chi connectivity index (χ2n) is 11.5. The van der Waals surface area contributed by atoms with Gasteiger partial charge >= 0.3 is 0 Å². The molecule has 2 bridgehead atoms. The molecule has 2 aliphatic heterocycles. The van der Waals surface area contributed by atoms with Gasteiger partial charge in [-0.25, -0.2) is 0 Å². The molecule has 33 heavy (non-hydrogen) atoms. The van der Waals surface area contributed by atoms with E-state index < -0.39 is 0 Å². The van der Waals surface area contributed by atoms with Crippen molar-refractivity contribution in [2.75, 3.05) is 26.7 Å². The van der Waals surface area contributed by atoms with E-state index in [1.165, 1.54) is 49.9 Å². The number of rotatable bonds is 4. The van der Waals surface area contributed by atoms with Crippen molar-refractivity contribution in [1.29, 1.82) is 0 Å². The number of nitrogens with zero attached hydrogens (tertiary/aromatic N) is 2. The lowest BCUT2D eigenvalue weighted by Crippen LogP contribution is -2.72. The van der Waals surface area contributed by atoms with Crippen LogP contribution in [0.15, 0.2) is 34.8 Å². The second-order valence-corrected chi connectivity index (χ2v) is 11.5. The van der Waals surface area contributed by atoms with Gasteiger partial charge in [-0.2, -0.15) is 0 Å². The van der Waals surface area contributed by atoms with Crippen LogP contribution in [-0.2, 0) is 4.79 Å². The van der Waals surface area contributed by atoms with E-state index in [9.17, 15) is 9.90 Å². The second kappa shape index (κ2) is 8.26. The number of piperidine rings is 1. The first kappa shape index (κ1) is 21.9. The van der Waals surface area contributed by atoms with Crippen LogP contribution in [0.5, 0.6) is 0 Å². The van der Waals surface area contributed by atoms with E-state index >= 15 is 0 Å². The Labute approximate surface area is 198 Å². The lowest BCUT2D eigenvalue weighted by atomic mass is 9.55. The monoisotopic (exact) mass is 449 g/mol. The van der Waals surface area contributed by atoms with Gasteiger partial charge in [0.25, 0.3) is 0 Å². The van der Waals surface area contributed by atoms with Gasteiger partial charge < -0.3 is 14.9 Å². The number of nitrogens with one attached hydrogen (secondary N) is 1. The summed E-state index contributed by atoms with van der Waals surface area (Å²) in [6.07, 6.45) is 15.4. The molecule has 2 saturated heterocycles. The molecular formula is C28H39N3O2. The molecule has 0 spiro atoms. The molecule has 6 rings (SSSR count). The molecule has 1 amide bonds. The molecular weight excluding hydrogens is 410 g/mol. The summed E-state index contributed by atoms with van der Waals surface area (Å²) in [5.74, 6) is 0.919. The summed E-state index contributed by atoms with van der Waals surface area (Å²) < 4.78 is 0. The largest absolute Gasteiger partial charge is 0.393 e. The van der Waals surface area contributed by atoms with Crippen LogP contribution in [-0.4, -0.2) is 65.3 Å². The predicted octanol–water partition coefficient (Wildman–Crippen LogP) is 3.52. The molecule has 178 valence electrons. The van der Waals surface area contributed by atoms with E-state index in [0.717, 1.165) is 38.6 Å². The highest BCUT2D eigenvalue weighted by Crippen LogP contribution is 2.58. The lowest BCUT2D eigenvalue weighted by molar-refractivity contribution is -0.162. The Morgan fingerprint density at radius 3 is 2.70 bits per heavy atom. The molecule has 0 aromatic heterocycles. The molecule has 5 atom stereocenters. The molecule has 0 aromatic rings. The number of allylic oxidation sites excluding steroid dienone is 2. The first-order chi connectivity index (χ1) is 16.1. The molecule has 2 N–H and O–H groups in total. The number of amides is 1. The smallest absolute Gasteiger partial charge is 0.224 e. The number of likely N-dealkylation sites (tertiary alicyclic amines) is 2. The first-order valence-electron chi connectivity index (χ1n) is 13.4. The van der Waals surface area contributed by atoms with Crippen LogP contribution in [0, 0.1) is 17.3 Å². The molecule has 6 aliphatic rings. The average Bonchev–Trinajstić information content (AvgIpc) is 3.43. The highest BCUT2D eigenvalue weighted by molar-refractivity contribution is 5.79. The van der Waals surface area contributed by atoms with E-state index in [0.29, 0.717) is 24.7 Å². The zero-order chi connectivity index (χ0) is 22.6. The van der Waals surface area contributed by atoms with E-state index in [1.54, 1.807) is 0 Å². The van der Waals surface area contributed by atoms with Crippen molar-refractivity contribution in [3.05, 3.63) is 34.8 Å². The molecule has 5 unspecified atom stereocenters. The van der Waals surface area contributed by atoms with Crippen LogP contribution in [0.2, 0.25) is 0 Å². The van der Waals surface area contributed by atoms with Gasteiger partial charge in [0.2, 0.25) is 5.91 Å². The Hall–Kier alpha value is -1.61. The van der Waals surface area contributed by atoms with Crippen molar-refractivity contribution in [2.45, 2.75) is 88.4 Å². The maximum atomic E-state index is 13.9. The summed E-state index contributed by atoms with van der Waals surface area (Å²) in [4.78, 5) is 18.9. The SMILES string of the molecule is CNC1(N2C(=O)CCC3(CN4CCCC4)C4=CC5C(=C=C=C4)CC(O)CCC5C23)CCCC1. The Morgan fingerprint density at radius 2 is 1.94 bits per heavy atom. The first-order valence-corrected chi connectivity index (χ1v) is 13.4. The number of hydrogen-bond donors (Lipinski definition) is 2. The average molecular weight is 450 g/mol. The minimum atomic E-state index is -0.319. The summed E-state index contributed by atoms with van der Waals surface area (Å²) in [6, 6.07) is 0.160. The highest BCUT2D eigenvalue weighted by Gasteiger charge is 2.61. The van der Waals surface area contributed by atoms with Gasteiger partial charge in [0.1, 0.15) is 0 Å². The van der Waals surface area contributed by atoms with Gasteiger partial charge in [-0.1, -0.05) is 17.5 Å². The summed E-state index contributed by atoms with van der Waals surface area (Å²) in [6.45, 7) is 3.37. The third-order valence-electron chi connectivity index (χ3n) is 9.91. The summed E-state index contributed by atoms with van der Waals surface area (Å²) >= 11 is 0. The number of aliphatic hydroxyl groups is 1. The number of aliphatic hydroxyl groups excluding tert-OH is 1. The Kier molecular flexibility index (Phi) is 5.48. The van der Waals surface area contributed by atoms with Crippen LogP contribution in [0.3, 0.4) is 0 Å². The van der Waals surface area contributed by atoms with E-state index in [4.69, 9.17) is 0 Å². The topological polar surface area (TPSA) is 55.8 Å². The van der Waals surface area contributed by atoms with Crippen molar-refractivity contribution < 1.29 is 9.90 Å². The molecule has 4 fully saturated rings. The van der Waals surface area contributed by atoms with Gasteiger partial charge in [0, 0.05) is 36.8 Å². The zero-order valence-corrected chi connectivity index (χ0v) is 20.1. The van der Waals surface area contributed by atoms with Gasteiger partial charge in [-0.15, -0.1) is 0 Å². The summed E-state index contributed by atoms with van der Waals surface area (Å²) in [5.41, 5.74) is 9.13. The highest BCUT2D eigenvalue weighted by atomic mass is 16.3. The molecule has 5 heteroatoms. The van der Waals surface area contributed by atoms with E-state index in [2.05, 4.69) is 45.8 Å². The number of carbonyl (C=O) groups is 1. The van der Waals surface area contributed by atoms with Gasteiger partial charge in [0.15, 0.2) is 0 Å². The van der Waals surface area contributed by atoms with E-state index in [-0.39, 0.29) is 29.1 Å². The molecule has 0 aromatic carbocycles. The van der Waals surface area contributed by atoms with Crippen LogP contribution in [0.1, 0.15) is 70.6 Å². The van der Waals surface area contributed by atoms with Gasteiger partial charge in [0.05, 0.1) is 11.8 Å². The van der Waals surface area contributed by atoms with Crippen LogP contribution < -0.4 is 5.32 Å². The standard InChI is InChI=1S/C28H39N3O2/c1-29-28(12-2-3-13-28)31-25(33)11-14-27(19-30-15-4-5-16-30)21-8-6-7-20-17-22(32)9-10-23(26(27)31)24(20)18-21/h8,18,22-24,26,29,32H,2-5,9-17,19H2,1H3. The number of fused-ring (bicyclic) bond motifs is 3. The predicted molar refractivity (Wildman–Crippen MR) is 128 cm³/mol. The number of hydrogen-bond acceptors (Lipinski definition) is 4. The number of carbonyl (C=O) groups excluding carboxylic acids is 1. The van der Waals surface area contributed by atoms with Gasteiger partial charge in [-0.05, 0) is 101 Å². The molecule has 2 saturated carbocycles. The zero-order valence-electron chi connectivity index (χ0n) is 20.1. The van der Waals surface area contributed by atoms with Gasteiger partial charge in [-0.3, -0.25) is 10.1 Å². The van der Waals surface area contributed by atoms with Crippen molar-refractivity contribution in [1.82, 2.24) is 15.1 Å². The minimum Gasteiger partial charge on any atom is -0.393 e. The molecule has 5 nitrogen and oxygen atoms in total. The fraction of sp³-hybridized carbons (Fsp3) is 0.750. The van der Waals surface area contributed by atoms with Crippen molar-refractivity contribution in [2.24, 2.45) is 17.3 Å². The third-order valence-corrected chi connectivity index (χ3v) is 9.91. The van der Waals surface area contributed by atoms with Crippen LogP contribution in [0.25, 0.3) is 0 Å². The quantitative estimate of drug-likeness (QED) is 0.645. The molecule has 4 aliphatic carbocycles. The van der Waals surface area contributed by atoms with E-state index in [1.807, 2.05) is 0 Å². The third kappa shape index (κ3) is 3.36. The van der Waals surface area contributed by atoms with Crippen molar-refractivity contribution >= 4 is 5.91 Å². The Balaban J connectivity index is 1.53. The van der Waals surface area contributed by atoms with Crippen molar-refractivity contribution in [3.8, 4) is 0 Å². The molecule has 0 radical (unpaired) electrons. The van der Waals surface area contributed by atoms with Crippen LogP contribution in [0.4, 0.5) is 0 Å². The lowest BCUT2D eigenvalue weighted by Gasteiger charge is -2.62.